The van der Waals surface area contributed by atoms with Gasteiger partial charge in [0.05, 0.1) is 11.2 Å². The molecular weight excluding hydrogens is 410 g/mol. The minimum absolute atomic E-state index is 0.0708. The van der Waals surface area contributed by atoms with Crippen LogP contribution in [0.4, 0.5) is 5.88 Å². The molecule has 0 amide bonds. The highest BCUT2D eigenvalue weighted by molar-refractivity contribution is 7.91. The molecule has 0 radical (unpaired) electrons. The molecule has 0 unspecified atom stereocenters. The van der Waals surface area contributed by atoms with E-state index in [9.17, 15) is 8.42 Å². The zero-order valence-electron chi connectivity index (χ0n) is 16.4. The first-order chi connectivity index (χ1) is 14.5. The van der Waals surface area contributed by atoms with Crippen LogP contribution in [0.2, 0.25) is 0 Å². The molecule has 0 saturated carbocycles. The summed E-state index contributed by atoms with van der Waals surface area (Å²) in [5.41, 5.74) is 0. The average molecular weight is 431 g/mol. The first-order valence-electron chi connectivity index (χ1n) is 9.65. The van der Waals surface area contributed by atoms with Gasteiger partial charge in [0.2, 0.25) is 20.7 Å². The number of likely N-dealkylation sites (N-methyl/N-ethyl adjacent to an activating group) is 1. The van der Waals surface area contributed by atoms with Gasteiger partial charge in [-0.15, -0.1) is 0 Å². The molecule has 2 aliphatic heterocycles. The van der Waals surface area contributed by atoms with E-state index in [0.717, 1.165) is 13.1 Å². The molecule has 0 aliphatic carbocycles. The van der Waals surface area contributed by atoms with Crippen molar-refractivity contribution in [3.8, 4) is 23.1 Å². The number of fused-ring (bicyclic) bond motifs is 1. The van der Waals surface area contributed by atoms with E-state index in [2.05, 4.69) is 9.88 Å². The van der Waals surface area contributed by atoms with Crippen LogP contribution in [0.25, 0.3) is 11.7 Å². The molecule has 2 aromatic heterocycles. The monoisotopic (exact) mass is 431 g/mol. The second-order valence-corrected chi connectivity index (χ2v) is 9.07. The van der Waals surface area contributed by atoms with Crippen LogP contribution in [0.3, 0.4) is 0 Å². The number of hydrogen-bond acceptors (Lipinski definition) is 9. The molecule has 1 saturated heterocycles. The third-order valence-electron chi connectivity index (χ3n) is 5.18. The van der Waals surface area contributed by atoms with Gasteiger partial charge in [0, 0.05) is 32.2 Å². The first kappa shape index (κ1) is 19.0. The van der Waals surface area contributed by atoms with Crippen LogP contribution in [0, 0.1) is 0 Å². The normalized spacial score (nSPS) is 17.3. The lowest BCUT2D eigenvalue weighted by Crippen LogP contribution is -2.44. The summed E-state index contributed by atoms with van der Waals surface area (Å²) >= 11 is 0. The maximum atomic E-state index is 13.5. The summed E-state index contributed by atoms with van der Waals surface area (Å²) in [4.78, 5) is 8.49. The minimum atomic E-state index is -3.97. The molecule has 5 rings (SSSR count). The van der Waals surface area contributed by atoms with Crippen molar-refractivity contribution < 1.29 is 26.7 Å². The van der Waals surface area contributed by atoms with Crippen molar-refractivity contribution in [2.75, 3.05) is 51.3 Å². The summed E-state index contributed by atoms with van der Waals surface area (Å²) in [6, 6.07) is 7.95. The fourth-order valence-corrected chi connectivity index (χ4v) is 4.83. The van der Waals surface area contributed by atoms with Gasteiger partial charge in [0.25, 0.3) is 5.89 Å². The number of rotatable bonds is 4. The van der Waals surface area contributed by atoms with Crippen LogP contribution in [0.15, 0.2) is 55.4 Å². The molecule has 4 heterocycles. The Hall–Kier alpha value is -2.98. The maximum absolute atomic E-state index is 13.5. The van der Waals surface area contributed by atoms with Gasteiger partial charge in [0.1, 0.15) is 13.2 Å². The fraction of sp³-hybridized carbons (Fsp3) is 0.350. The van der Waals surface area contributed by atoms with Crippen molar-refractivity contribution in [2.24, 2.45) is 0 Å². The SMILES string of the molecule is CN1CCN(c2oc(-c3ccco3)nc2S(=O)(=O)c2ccc3c(c2)OCCO3)CC1. The Morgan fingerprint density at radius 3 is 2.50 bits per heavy atom. The van der Waals surface area contributed by atoms with Gasteiger partial charge in [0.15, 0.2) is 17.3 Å². The predicted molar refractivity (Wildman–Crippen MR) is 107 cm³/mol. The van der Waals surface area contributed by atoms with Crippen molar-refractivity contribution >= 4 is 15.7 Å². The first-order valence-corrected chi connectivity index (χ1v) is 11.1. The zero-order valence-corrected chi connectivity index (χ0v) is 17.2. The van der Waals surface area contributed by atoms with E-state index in [0.29, 0.717) is 43.6 Å². The molecule has 9 nitrogen and oxygen atoms in total. The molecule has 0 bridgehead atoms. The molecule has 3 aromatic rings. The van der Waals surface area contributed by atoms with Crippen LogP contribution < -0.4 is 14.4 Å². The van der Waals surface area contributed by atoms with Gasteiger partial charge in [-0.3, -0.25) is 0 Å². The lowest BCUT2D eigenvalue weighted by molar-refractivity contribution is 0.171. The van der Waals surface area contributed by atoms with Crippen LogP contribution in [0.1, 0.15) is 0 Å². The van der Waals surface area contributed by atoms with E-state index < -0.39 is 9.84 Å². The summed E-state index contributed by atoms with van der Waals surface area (Å²) in [5, 5.41) is -0.130. The summed E-state index contributed by atoms with van der Waals surface area (Å²) in [7, 11) is -1.95. The Balaban J connectivity index is 1.59. The van der Waals surface area contributed by atoms with Crippen molar-refractivity contribution in [3.05, 3.63) is 36.6 Å². The molecule has 0 atom stereocenters. The summed E-state index contributed by atoms with van der Waals surface area (Å²) in [6.07, 6.45) is 1.49. The minimum Gasteiger partial charge on any atom is -0.486 e. The van der Waals surface area contributed by atoms with Crippen LogP contribution in [-0.2, 0) is 9.84 Å². The topological polar surface area (TPSA) is 98.3 Å². The number of sulfone groups is 1. The van der Waals surface area contributed by atoms with E-state index in [1.54, 1.807) is 18.2 Å². The number of furan rings is 1. The second-order valence-electron chi connectivity index (χ2n) is 7.21. The van der Waals surface area contributed by atoms with Gasteiger partial charge in [-0.2, -0.15) is 4.98 Å². The Kier molecular flexibility index (Phi) is 4.67. The molecule has 0 spiro atoms. The quantitative estimate of drug-likeness (QED) is 0.616. The third-order valence-corrected chi connectivity index (χ3v) is 6.83. The van der Waals surface area contributed by atoms with E-state index >= 15 is 0 Å². The molecular formula is C20H21N3O6S. The number of anilines is 1. The smallest absolute Gasteiger partial charge is 0.266 e. The van der Waals surface area contributed by atoms with E-state index in [1.807, 2.05) is 11.9 Å². The van der Waals surface area contributed by atoms with Crippen LogP contribution >= 0.6 is 0 Å². The van der Waals surface area contributed by atoms with Gasteiger partial charge in [-0.25, -0.2) is 8.42 Å². The van der Waals surface area contributed by atoms with E-state index in [1.165, 1.54) is 18.4 Å². The van der Waals surface area contributed by atoms with Crippen molar-refractivity contribution in [2.45, 2.75) is 9.92 Å². The van der Waals surface area contributed by atoms with Gasteiger partial charge >= 0.3 is 0 Å². The second kappa shape index (κ2) is 7.37. The Morgan fingerprint density at radius 1 is 1.00 bits per heavy atom. The molecule has 1 fully saturated rings. The average Bonchev–Trinajstić information content (AvgIpc) is 3.44. The standard InChI is InChI=1S/C20H21N3O6S/c1-22-6-8-23(9-7-22)20-19(21-18(29-20)16-3-2-10-26-16)30(24,25)14-4-5-15-17(13-14)28-12-11-27-15/h2-5,10,13H,6-9,11-12H2,1H3. The Bertz CT molecular complexity index is 1150. The lowest BCUT2D eigenvalue weighted by atomic mass is 10.3. The maximum Gasteiger partial charge on any atom is 0.266 e. The van der Waals surface area contributed by atoms with Crippen molar-refractivity contribution in [3.63, 3.8) is 0 Å². The number of piperazine rings is 1. The summed E-state index contributed by atoms with van der Waals surface area (Å²) in [5.74, 6) is 1.65. The molecule has 30 heavy (non-hydrogen) atoms. The molecule has 0 N–H and O–H groups in total. The number of benzene rings is 1. The lowest BCUT2D eigenvalue weighted by Gasteiger charge is -2.32. The molecule has 158 valence electrons. The number of nitrogens with zero attached hydrogens (tertiary/aromatic N) is 3. The number of oxazole rings is 1. The summed E-state index contributed by atoms with van der Waals surface area (Å²) < 4.78 is 49.4. The highest BCUT2D eigenvalue weighted by Gasteiger charge is 2.33. The predicted octanol–water partition coefficient (Wildman–Crippen LogP) is 2.29. The van der Waals surface area contributed by atoms with Crippen molar-refractivity contribution in [1.29, 1.82) is 0 Å². The van der Waals surface area contributed by atoms with Crippen molar-refractivity contribution in [1.82, 2.24) is 9.88 Å². The number of ether oxygens (including phenoxy) is 2. The van der Waals surface area contributed by atoms with Gasteiger partial charge in [-0.05, 0) is 31.3 Å². The highest BCUT2D eigenvalue weighted by atomic mass is 32.2. The number of aromatic nitrogens is 1. The molecule has 1 aromatic carbocycles. The van der Waals surface area contributed by atoms with Gasteiger partial charge in [-0.1, -0.05) is 0 Å². The highest BCUT2D eigenvalue weighted by Crippen LogP contribution is 2.38. The van der Waals surface area contributed by atoms with E-state index in [-0.39, 0.29) is 21.7 Å². The molecule has 10 heteroatoms. The largest absolute Gasteiger partial charge is 0.486 e. The third kappa shape index (κ3) is 3.31. The van der Waals surface area contributed by atoms with Crippen LogP contribution in [0.5, 0.6) is 11.5 Å². The van der Waals surface area contributed by atoms with E-state index in [4.69, 9.17) is 18.3 Å². The molecule has 2 aliphatic rings. The summed E-state index contributed by atoms with van der Waals surface area (Å²) in [6.45, 7) is 3.65. The van der Waals surface area contributed by atoms with Gasteiger partial charge < -0.3 is 28.1 Å². The Labute approximate surface area is 173 Å². The number of hydrogen-bond donors (Lipinski definition) is 0. The fourth-order valence-electron chi connectivity index (χ4n) is 3.49. The Morgan fingerprint density at radius 2 is 1.77 bits per heavy atom. The van der Waals surface area contributed by atoms with Crippen LogP contribution in [-0.4, -0.2) is 64.7 Å². The zero-order chi connectivity index (χ0) is 20.7.